The molecule has 0 aromatic carbocycles. The molecule has 0 aliphatic heterocycles. The van der Waals surface area contributed by atoms with Crippen molar-refractivity contribution in [2.45, 2.75) is 52.4 Å². The van der Waals surface area contributed by atoms with E-state index in [4.69, 9.17) is 5.11 Å². The van der Waals surface area contributed by atoms with Crippen molar-refractivity contribution >= 4 is 11.8 Å². The first-order chi connectivity index (χ1) is 6.59. The zero-order valence-corrected chi connectivity index (χ0v) is 9.08. The highest BCUT2D eigenvalue weighted by Crippen LogP contribution is 2.12. The van der Waals surface area contributed by atoms with Crippen LogP contribution in [-0.4, -0.2) is 16.9 Å². The summed E-state index contributed by atoms with van der Waals surface area (Å²) in [6, 6.07) is 0. The van der Waals surface area contributed by atoms with E-state index in [9.17, 15) is 9.59 Å². The van der Waals surface area contributed by atoms with Crippen molar-refractivity contribution in [1.82, 2.24) is 0 Å². The van der Waals surface area contributed by atoms with E-state index in [2.05, 4.69) is 6.92 Å². The van der Waals surface area contributed by atoms with Gasteiger partial charge in [0.1, 0.15) is 0 Å². The zero-order chi connectivity index (χ0) is 11.0. The molecule has 0 heterocycles. The van der Waals surface area contributed by atoms with Gasteiger partial charge < -0.3 is 5.11 Å². The van der Waals surface area contributed by atoms with Crippen LogP contribution in [0.25, 0.3) is 0 Å². The van der Waals surface area contributed by atoms with E-state index >= 15 is 0 Å². The van der Waals surface area contributed by atoms with E-state index in [1.807, 2.05) is 0 Å². The van der Waals surface area contributed by atoms with Crippen molar-refractivity contribution in [3.05, 3.63) is 0 Å². The normalized spacial score (nSPS) is 12.4. The summed E-state index contributed by atoms with van der Waals surface area (Å²) < 4.78 is 0. The molecule has 1 N–H and O–H groups in total. The third-order valence-corrected chi connectivity index (χ3v) is 2.40. The van der Waals surface area contributed by atoms with Crippen LogP contribution in [0.2, 0.25) is 0 Å². The van der Waals surface area contributed by atoms with Crippen molar-refractivity contribution in [2.24, 2.45) is 5.92 Å². The molecule has 1 unspecified atom stereocenters. The highest BCUT2D eigenvalue weighted by molar-refractivity contribution is 6.33. The molecule has 0 bridgehead atoms. The van der Waals surface area contributed by atoms with Crippen LogP contribution in [0.4, 0.5) is 0 Å². The summed E-state index contributed by atoms with van der Waals surface area (Å²) in [6.07, 6.45) is 6.37. The average molecular weight is 200 g/mol. The molecule has 0 saturated carbocycles. The smallest absolute Gasteiger partial charge is 0.372 e. The Morgan fingerprint density at radius 2 is 1.71 bits per heavy atom. The quantitative estimate of drug-likeness (QED) is 0.484. The molecule has 14 heavy (non-hydrogen) atoms. The second-order valence-electron chi connectivity index (χ2n) is 3.77. The lowest BCUT2D eigenvalue weighted by Crippen LogP contribution is -2.20. The van der Waals surface area contributed by atoms with Gasteiger partial charge in [-0.05, 0) is 6.42 Å². The second-order valence-corrected chi connectivity index (χ2v) is 3.77. The van der Waals surface area contributed by atoms with E-state index < -0.39 is 11.8 Å². The van der Waals surface area contributed by atoms with Gasteiger partial charge in [0.15, 0.2) is 0 Å². The number of carboxylic acid groups (broad SMARTS) is 1. The molecule has 3 heteroatoms. The van der Waals surface area contributed by atoms with Gasteiger partial charge in [0.05, 0.1) is 0 Å². The van der Waals surface area contributed by atoms with Crippen molar-refractivity contribution in [3.8, 4) is 0 Å². The predicted molar refractivity (Wildman–Crippen MR) is 55.2 cm³/mol. The maximum atomic E-state index is 11.0. The summed E-state index contributed by atoms with van der Waals surface area (Å²) in [5.74, 6) is -2.28. The van der Waals surface area contributed by atoms with Gasteiger partial charge in [-0.1, -0.05) is 46.0 Å². The average Bonchev–Trinajstić information content (AvgIpc) is 2.16. The summed E-state index contributed by atoms with van der Waals surface area (Å²) in [4.78, 5) is 21.3. The molecule has 0 spiro atoms. The molecule has 0 radical (unpaired) electrons. The molecule has 82 valence electrons. The first-order valence-corrected chi connectivity index (χ1v) is 5.36. The highest BCUT2D eigenvalue weighted by Gasteiger charge is 2.19. The van der Waals surface area contributed by atoms with Crippen molar-refractivity contribution in [1.29, 1.82) is 0 Å². The van der Waals surface area contributed by atoms with Gasteiger partial charge in [-0.15, -0.1) is 0 Å². The van der Waals surface area contributed by atoms with Crippen LogP contribution in [0.5, 0.6) is 0 Å². The summed E-state index contributed by atoms with van der Waals surface area (Å²) in [7, 11) is 0. The largest absolute Gasteiger partial charge is 0.475 e. The molecule has 0 aliphatic rings. The first kappa shape index (κ1) is 13.1. The number of aliphatic carboxylic acids is 1. The Balaban J connectivity index is 3.49. The van der Waals surface area contributed by atoms with Crippen molar-refractivity contribution < 1.29 is 14.7 Å². The third-order valence-electron chi connectivity index (χ3n) is 2.40. The fourth-order valence-corrected chi connectivity index (χ4v) is 1.40. The van der Waals surface area contributed by atoms with Crippen molar-refractivity contribution in [2.75, 3.05) is 0 Å². The number of carbonyl (C=O) groups is 2. The van der Waals surface area contributed by atoms with Crippen LogP contribution in [-0.2, 0) is 9.59 Å². The molecular formula is C11H20O3. The predicted octanol–water partition coefficient (Wildman–Crippen LogP) is 2.64. The van der Waals surface area contributed by atoms with Crippen LogP contribution >= 0.6 is 0 Å². The van der Waals surface area contributed by atoms with Gasteiger partial charge in [-0.2, -0.15) is 0 Å². The van der Waals surface area contributed by atoms with Gasteiger partial charge in [0, 0.05) is 5.92 Å². The summed E-state index contributed by atoms with van der Waals surface area (Å²) >= 11 is 0. The molecule has 0 aromatic rings. The monoisotopic (exact) mass is 200 g/mol. The zero-order valence-electron chi connectivity index (χ0n) is 9.08. The molecule has 0 fully saturated rings. The summed E-state index contributed by atoms with van der Waals surface area (Å²) in [6.45, 7) is 3.84. The SMILES string of the molecule is CCCCCCCC(C)C(=O)C(=O)O. The number of Topliss-reactive ketones (excluding diaryl/α,β-unsaturated/α-hetero) is 1. The number of carbonyl (C=O) groups excluding carboxylic acids is 1. The van der Waals surface area contributed by atoms with Crippen LogP contribution in [0.3, 0.4) is 0 Å². The van der Waals surface area contributed by atoms with E-state index in [1.54, 1.807) is 6.92 Å². The fraction of sp³-hybridized carbons (Fsp3) is 0.818. The third kappa shape index (κ3) is 5.73. The summed E-state index contributed by atoms with van der Waals surface area (Å²) in [5.41, 5.74) is 0. The molecule has 0 aromatic heterocycles. The Morgan fingerprint density at radius 3 is 2.21 bits per heavy atom. The number of ketones is 1. The molecule has 1 atom stereocenters. The van der Waals surface area contributed by atoms with E-state index in [0.717, 1.165) is 12.8 Å². The molecule has 0 aliphatic carbocycles. The van der Waals surface area contributed by atoms with Gasteiger partial charge >= 0.3 is 5.97 Å². The van der Waals surface area contributed by atoms with Crippen LogP contribution in [0.1, 0.15) is 52.4 Å². The van der Waals surface area contributed by atoms with E-state index in [0.29, 0.717) is 6.42 Å². The van der Waals surface area contributed by atoms with Gasteiger partial charge in [-0.3, -0.25) is 4.79 Å². The standard InChI is InChI=1S/C11H20O3/c1-3-4-5-6-7-8-9(2)10(12)11(13)14/h9H,3-8H2,1-2H3,(H,13,14). The topological polar surface area (TPSA) is 54.4 Å². The lowest BCUT2D eigenvalue weighted by molar-refractivity contribution is -0.150. The lowest BCUT2D eigenvalue weighted by atomic mass is 9.98. The van der Waals surface area contributed by atoms with E-state index in [-0.39, 0.29) is 5.92 Å². The second kappa shape index (κ2) is 7.54. The number of carboxylic acids is 1. The molecule has 0 amide bonds. The van der Waals surface area contributed by atoms with E-state index in [1.165, 1.54) is 19.3 Å². The molecule has 0 rings (SSSR count). The number of hydrogen-bond acceptors (Lipinski definition) is 2. The molecular weight excluding hydrogens is 180 g/mol. The Bertz CT molecular complexity index is 187. The Labute approximate surface area is 85.5 Å². The number of rotatable bonds is 8. The summed E-state index contributed by atoms with van der Waals surface area (Å²) in [5, 5.41) is 8.44. The lowest BCUT2D eigenvalue weighted by Gasteiger charge is -2.06. The number of hydrogen-bond donors (Lipinski definition) is 1. The first-order valence-electron chi connectivity index (χ1n) is 5.36. The van der Waals surface area contributed by atoms with Gasteiger partial charge in [0.25, 0.3) is 0 Å². The maximum Gasteiger partial charge on any atom is 0.372 e. The van der Waals surface area contributed by atoms with Gasteiger partial charge in [0.2, 0.25) is 5.78 Å². The fourth-order valence-electron chi connectivity index (χ4n) is 1.40. The highest BCUT2D eigenvalue weighted by atomic mass is 16.4. The van der Waals surface area contributed by atoms with Crippen LogP contribution in [0, 0.1) is 5.92 Å². The molecule has 3 nitrogen and oxygen atoms in total. The Hall–Kier alpha value is -0.860. The maximum absolute atomic E-state index is 11.0. The minimum absolute atomic E-state index is 0.325. The minimum atomic E-state index is -1.30. The molecule has 0 saturated heterocycles. The minimum Gasteiger partial charge on any atom is -0.475 e. The van der Waals surface area contributed by atoms with Crippen LogP contribution in [0.15, 0.2) is 0 Å². The van der Waals surface area contributed by atoms with Crippen LogP contribution < -0.4 is 0 Å². The Morgan fingerprint density at radius 1 is 1.14 bits per heavy atom. The van der Waals surface area contributed by atoms with Crippen molar-refractivity contribution in [3.63, 3.8) is 0 Å². The van der Waals surface area contributed by atoms with Gasteiger partial charge in [-0.25, -0.2) is 4.79 Å². The number of unbranched alkanes of at least 4 members (excludes halogenated alkanes) is 4. The Kier molecular flexibility index (Phi) is 7.07.